The molecule has 0 spiro atoms. The molecule has 2 aliphatic rings. The smallest absolute Gasteiger partial charge is 0.227 e. The number of methoxy groups -OCH3 is 1. The molecule has 1 amide bonds. The van der Waals surface area contributed by atoms with E-state index in [0.717, 1.165) is 76.4 Å². The summed E-state index contributed by atoms with van der Waals surface area (Å²) >= 11 is 0. The van der Waals surface area contributed by atoms with Crippen LogP contribution in [0.15, 0.2) is 97.1 Å². The summed E-state index contributed by atoms with van der Waals surface area (Å²) in [7, 11) is 3.93. The highest BCUT2D eigenvalue weighted by Gasteiger charge is 2.28. The zero-order valence-electron chi connectivity index (χ0n) is 26.8. The molecule has 45 heavy (non-hydrogen) atoms. The van der Waals surface area contributed by atoms with Crippen LogP contribution in [0.5, 0.6) is 5.75 Å². The molecule has 4 aromatic carbocycles. The van der Waals surface area contributed by atoms with Gasteiger partial charge in [-0.1, -0.05) is 72.8 Å². The summed E-state index contributed by atoms with van der Waals surface area (Å²) in [4.78, 5) is 23.0. The highest BCUT2D eigenvalue weighted by atomic mass is 16.5. The fourth-order valence-electron chi connectivity index (χ4n) is 6.67. The van der Waals surface area contributed by atoms with E-state index in [4.69, 9.17) is 4.74 Å². The lowest BCUT2D eigenvalue weighted by Crippen LogP contribution is -2.45. The number of anilines is 2. The fraction of sp³-hybridized carbons (Fsp3) is 0.359. The van der Waals surface area contributed by atoms with Crippen LogP contribution >= 0.6 is 0 Å². The first-order valence-electron chi connectivity index (χ1n) is 16.4. The predicted molar refractivity (Wildman–Crippen MR) is 184 cm³/mol. The van der Waals surface area contributed by atoms with Gasteiger partial charge < -0.3 is 24.3 Å². The van der Waals surface area contributed by atoms with Gasteiger partial charge in [0.1, 0.15) is 5.75 Å². The molecule has 6 heteroatoms. The van der Waals surface area contributed by atoms with Crippen LogP contribution in [-0.2, 0) is 37.0 Å². The quantitative estimate of drug-likeness (QED) is 0.215. The van der Waals surface area contributed by atoms with Crippen molar-refractivity contribution < 1.29 is 9.53 Å². The number of carbonyl (C=O) groups excluding carboxylic acids is 1. The van der Waals surface area contributed by atoms with Crippen molar-refractivity contribution in [2.45, 2.75) is 32.2 Å². The number of nitrogens with zero attached hydrogens (tertiary/aromatic N) is 4. The number of amides is 1. The topological polar surface area (TPSA) is 39.3 Å². The van der Waals surface area contributed by atoms with Crippen LogP contribution in [0.2, 0.25) is 0 Å². The lowest BCUT2D eigenvalue weighted by molar-refractivity contribution is -0.131. The zero-order chi connectivity index (χ0) is 31.0. The molecule has 0 aromatic heterocycles. The molecule has 6 nitrogen and oxygen atoms in total. The number of piperazine rings is 1. The molecule has 0 N–H and O–H groups in total. The van der Waals surface area contributed by atoms with E-state index in [2.05, 4.69) is 119 Å². The van der Waals surface area contributed by atoms with Crippen LogP contribution < -0.4 is 14.5 Å². The van der Waals surface area contributed by atoms with Crippen molar-refractivity contribution in [1.82, 2.24) is 9.80 Å². The Balaban J connectivity index is 1.13. The molecular formula is C39H46N4O2. The molecule has 0 unspecified atom stereocenters. The Labute approximate surface area is 268 Å². The lowest BCUT2D eigenvalue weighted by atomic mass is 9.95. The maximum atomic E-state index is 13.7. The predicted octanol–water partition coefficient (Wildman–Crippen LogP) is 5.87. The van der Waals surface area contributed by atoms with E-state index in [9.17, 15) is 4.79 Å². The summed E-state index contributed by atoms with van der Waals surface area (Å²) in [6.07, 6.45) is 3.22. The first-order valence-corrected chi connectivity index (χ1v) is 16.4. The van der Waals surface area contributed by atoms with Crippen molar-refractivity contribution in [3.05, 3.63) is 125 Å². The first-order chi connectivity index (χ1) is 22.1. The summed E-state index contributed by atoms with van der Waals surface area (Å²) < 4.78 is 5.74. The third-order valence-corrected chi connectivity index (χ3v) is 9.44. The van der Waals surface area contributed by atoms with Gasteiger partial charge in [0, 0.05) is 74.9 Å². The van der Waals surface area contributed by atoms with Gasteiger partial charge in [0.15, 0.2) is 0 Å². The van der Waals surface area contributed by atoms with Crippen molar-refractivity contribution in [3.8, 4) is 5.75 Å². The molecule has 4 aromatic rings. The van der Waals surface area contributed by atoms with Crippen LogP contribution in [0.25, 0.3) is 0 Å². The summed E-state index contributed by atoms with van der Waals surface area (Å²) in [5, 5.41) is 0. The maximum Gasteiger partial charge on any atom is 0.227 e. The SMILES string of the molecule is COc1ccc(N2CCN(C)CC2)c2c1CCN(C(=O)Cc1ccc(N(CCc3ccccc3)CCc3ccccc3)cc1)C2. The van der Waals surface area contributed by atoms with Gasteiger partial charge in [-0.05, 0) is 67.3 Å². The number of rotatable bonds is 11. The molecule has 1 fully saturated rings. The summed E-state index contributed by atoms with van der Waals surface area (Å²) in [6.45, 7) is 7.36. The Morgan fingerprint density at radius 3 is 1.93 bits per heavy atom. The van der Waals surface area contributed by atoms with Gasteiger partial charge in [0.25, 0.3) is 0 Å². The molecular weight excluding hydrogens is 556 g/mol. The van der Waals surface area contributed by atoms with E-state index < -0.39 is 0 Å². The zero-order valence-corrected chi connectivity index (χ0v) is 26.8. The molecule has 2 aliphatic heterocycles. The van der Waals surface area contributed by atoms with E-state index in [1.165, 1.54) is 33.6 Å². The Hall–Kier alpha value is -4.29. The molecule has 1 saturated heterocycles. The van der Waals surface area contributed by atoms with Crippen LogP contribution in [0, 0.1) is 0 Å². The van der Waals surface area contributed by atoms with E-state index >= 15 is 0 Å². The number of hydrogen-bond acceptors (Lipinski definition) is 5. The molecule has 2 heterocycles. The maximum absolute atomic E-state index is 13.7. The van der Waals surface area contributed by atoms with Gasteiger partial charge in [-0.15, -0.1) is 0 Å². The Morgan fingerprint density at radius 2 is 1.33 bits per heavy atom. The van der Waals surface area contributed by atoms with Crippen molar-refractivity contribution >= 4 is 17.3 Å². The van der Waals surface area contributed by atoms with Crippen molar-refractivity contribution in [3.63, 3.8) is 0 Å². The normalized spacial score (nSPS) is 15.1. The molecule has 0 aliphatic carbocycles. The minimum Gasteiger partial charge on any atom is -0.496 e. The average molecular weight is 603 g/mol. The molecule has 0 atom stereocenters. The number of hydrogen-bond donors (Lipinski definition) is 0. The standard InChI is InChI=1S/C39H46N4O2/c1-40-25-27-42(28-26-40)37-17-18-38(45-2)35-21-24-43(30-36(35)37)39(44)29-33-13-15-34(16-14-33)41(22-19-31-9-5-3-6-10-31)23-20-32-11-7-4-8-12-32/h3-18H,19-30H2,1-2H3. The second-order valence-corrected chi connectivity index (χ2v) is 12.4. The summed E-state index contributed by atoms with van der Waals surface area (Å²) in [5.74, 6) is 1.13. The van der Waals surface area contributed by atoms with E-state index in [1.54, 1.807) is 7.11 Å². The number of fused-ring (bicyclic) bond motifs is 1. The van der Waals surface area contributed by atoms with E-state index in [1.807, 2.05) is 4.90 Å². The first kappa shape index (κ1) is 30.7. The van der Waals surface area contributed by atoms with Gasteiger partial charge in [0.05, 0.1) is 13.5 Å². The highest BCUT2D eigenvalue weighted by molar-refractivity contribution is 5.80. The van der Waals surface area contributed by atoms with E-state index in [0.29, 0.717) is 13.0 Å². The van der Waals surface area contributed by atoms with Gasteiger partial charge in [-0.25, -0.2) is 0 Å². The van der Waals surface area contributed by atoms with Gasteiger partial charge in [0.2, 0.25) is 5.91 Å². The van der Waals surface area contributed by atoms with Gasteiger partial charge in [-0.3, -0.25) is 4.79 Å². The second kappa shape index (κ2) is 14.7. The minimum atomic E-state index is 0.186. The monoisotopic (exact) mass is 602 g/mol. The van der Waals surface area contributed by atoms with Crippen LogP contribution in [-0.4, -0.2) is 75.7 Å². The molecule has 0 radical (unpaired) electrons. The minimum absolute atomic E-state index is 0.186. The third-order valence-electron chi connectivity index (χ3n) is 9.44. The molecule has 0 bridgehead atoms. The van der Waals surface area contributed by atoms with Crippen molar-refractivity contribution in [1.29, 1.82) is 0 Å². The number of likely N-dealkylation sites (N-methyl/N-ethyl adjacent to an activating group) is 1. The van der Waals surface area contributed by atoms with Crippen molar-refractivity contribution in [2.24, 2.45) is 0 Å². The number of carbonyl (C=O) groups is 1. The second-order valence-electron chi connectivity index (χ2n) is 12.4. The van der Waals surface area contributed by atoms with E-state index in [-0.39, 0.29) is 5.91 Å². The van der Waals surface area contributed by atoms with Gasteiger partial charge in [-0.2, -0.15) is 0 Å². The average Bonchev–Trinajstić information content (AvgIpc) is 3.09. The van der Waals surface area contributed by atoms with Crippen molar-refractivity contribution in [2.75, 3.05) is 69.8 Å². The van der Waals surface area contributed by atoms with Crippen LogP contribution in [0.4, 0.5) is 11.4 Å². The Kier molecular flexibility index (Phi) is 10.0. The Morgan fingerprint density at radius 1 is 0.711 bits per heavy atom. The number of benzene rings is 4. The highest BCUT2D eigenvalue weighted by Crippen LogP contribution is 2.36. The molecule has 0 saturated carbocycles. The fourth-order valence-corrected chi connectivity index (χ4v) is 6.67. The van der Waals surface area contributed by atoms with Gasteiger partial charge >= 0.3 is 0 Å². The van der Waals surface area contributed by atoms with Crippen LogP contribution in [0.1, 0.15) is 27.8 Å². The molecule has 6 rings (SSSR count). The summed E-state index contributed by atoms with van der Waals surface area (Å²) in [5.41, 5.74) is 8.72. The summed E-state index contributed by atoms with van der Waals surface area (Å²) in [6, 6.07) is 34.4. The third kappa shape index (κ3) is 7.69. The molecule has 234 valence electrons. The Bertz CT molecular complexity index is 1490. The largest absolute Gasteiger partial charge is 0.496 e. The lowest BCUT2D eigenvalue weighted by Gasteiger charge is -2.38. The van der Waals surface area contributed by atoms with Crippen LogP contribution in [0.3, 0.4) is 0 Å². The number of ether oxygens (including phenoxy) is 1.